The fourth-order valence-corrected chi connectivity index (χ4v) is 3.13. The Balaban J connectivity index is 1.72. The molecule has 0 radical (unpaired) electrons. The Hall–Kier alpha value is -2.18. The van der Waals surface area contributed by atoms with Crippen LogP contribution >= 0.6 is 11.3 Å². The summed E-state index contributed by atoms with van der Waals surface area (Å²) in [5.41, 5.74) is 1.19. The maximum absolute atomic E-state index is 12.6. The van der Waals surface area contributed by atoms with Crippen LogP contribution in [0, 0.1) is 0 Å². The minimum Gasteiger partial charge on any atom is -0.375 e. The summed E-state index contributed by atoms with van der Waals surface area (Å²) in [6, 6.07) is 10.6. The maximum atomic E-state index is 12.6. The number of benzene rings is 1. The van der Waals surface area contributed by atoms with Crippen molar-refractivity contribution >= 4 is 28.8 Å². The molecule has 1 N–H and O–H groups in total. The molecule has 1 unspecified atom stereocenters. The van der Waals surface area contributed by atoms with E-state index in [-0.39, 0.29) is 17.9 Å². The predicted octanol–water partition coefficient (Wildman–Crippen LogP) is 2.86. The number of hydrogen-bond acceptors (Lipinski definition) is 4. The minimum absolute atomic E-state index is 0.0348. The van der Waals surface area contributed by atoms with Crippen LogP contribution in [-0.2, 0) is 4.74 Å². The Morgan fingerprint density at radius 1 is 1.30 bits per heavy atom. The van der Waals surface area contributed by atoms with Crippen LogP contribution in [0.15, 0.2) is 41.8 Å². The summed E-state index contributed by atoms with van der Waals surface area (Å²) in [5.74, 6) is -0.197. The summed E-state index contributed by atoms with van der Waals surface area (Å²) in [6.45, 7) is 3.69. The van der Waals surface area contributed by atoms with Crippen molar-refractivity contribution < 1.29 is 14.3 Å². The van der Waals surface area contributed by atoms with E-state index in [1.165, 1.54) is 11.3 Å². The number of thiophene rings is 1. The van der Waals surface area contributed by atoms with Gasteiger partial charge in [-0.15, -0.1) is 11.3 Å². The van der Waals surface area contributed by atoms with E-state index in [4.69, 9.17) is 4.74 Å². The van der Waals surface area contributed by atoms with Gasteiger partial charge in [0.25, 0.3) is 11.8 Å². The van der Waals surface area contributed by atoms with Crippen molar-refractivity contribution in [3.63, 3.8) is 0 Å². The summed E-state index contributed by atoms with van der Waals surface area (Å²) in [5, 5.41) is 4.68. The van der Waals surface area contributed by atoms with E-state index < -0.39 is 0 Å². The third kappa shape index (κ3) is 3.78. The van der Waals surface area contributed by atoms with Crippen molar-refractivity contribution in [2.24, 2.45) is 0 Å². The van der Waals surface area contributed by atoms with Gasteiger partial charge in [0, 0.05) is 24.3 Å². The van der Waals surface area contributed by atoms with Crippen LogP contribution in [0.25, 0.3) is 0 Å². The van der Waals surface area contributed by atoms with Gasteiger partial charge in [-0.1, -0.05) is 12.1 Å². The first kappa shape index (κ1) is 15.7. The maximum Gasteiger partial charge on any atom is 0.265 e. The normalized spacial score (nSPS) is 17.8. The lowest BCUT2D eigenvalue weighted by molar-refractivity contribution is -0.0124. The first-order valence-electron chi connectivity index (χ1n) is 7.49. The molecule has 5 nitrogen and oxygen atoms in total. The zero-order valence-corrected chi connectivity index (χ0v) is 13.6. The Kier molecular flexibility index (Phi) is 4.73. The van der Waals surface area contributed by atoms with Gasteiger partial charge in [-0.05, 0) is 36.6 Å². The van der Waals surface area contributed by atoms with Crippen molar-refractivity contribution in [3.8, 4) is 0 Å². The van der Waals surface area contributed by atoms with Gasteiger partial charge in [0.05, 0.1) is 17.6 Å². The summed E-state index contributed by atoms with van der Waals surface area (Å²) < 4.78 is 5.46. The highest BCUT2D eigenvalue weighted by Crippen LogP contribution is 2.17. The van der Waals surface area contributed by atoms with Crippen LogP contribution < -0.4 is 5.32 Å². The molecule has 0 spiro atoms. The molecule has 0 saturated carbocycles. The number of carbonyl (C=O) groups is 2. The Bertz CT molecular complexity index is 700. The second-order valence-corrected chi connectivity index (χ2v) is 6.39. The molecule has 23 heavy (non-hydrogen) atoms. The van der Waals surface area contributed by atoms with Crippen molar-refractivity contribution in [1.82, 2.24) is 4.90 Å². The number of ether oxygens (including phenoxy) is 1. The molecule has 1 fully saturated rings. The molecule has 1 aliphatic rings. The molecule has 2 heterocycles. The number of nitrogens with zero attached hydrogens (tertiary/aromatic N) is 1. The molecule has 1 aliphatic heterocycles. The van der Waals surface area contributed by atoms with E-state index in [9.17, 15) is 9.59 Å². The van der Waals surface area contributed by atoms with Crippen LogP contribution in [0.4, 0.5) is 5.69 Å². The SMILES string of the molecule is CC1CN(C(=O)c2cccc(NC(=O)c3cccs3)c2)CCO1. The van der Waals surface area contributed by atoms with Gasteiger partial charge in [0.2, 0.25) is 0 Å². The highest BCUT2D eigenvalue weighted by Gasteiger charge is 2.22. The van der Waals surface area contributed by atoms with Gasteiger partial charge in [-0.25, -0.2) is 0 Å². The standard InChI is InChI=1S/C17H18N2O3S/c1-12-11-19(7-8-22-12)17(21)13-4-2-5-14(10-13)18-16(20)15-6-3-9-23-15/h2-6,9-10,12H,7-8,11H2,1H3,(H,18,20). The fourth-order valence-electron chi connectivity index (χ4n) is 2.52. The molecule has 1 saturated heterocycles. The summed E-state index contributed by atoms with van der Waals surface area (Å²) in [4.78, 5) is 27.1. The summed E-state index contributed by atoms with van der Waals surface area (Å²) >= 11 is 1.38. The number of carbonyl (C=O) groups excluding carboxylic acids is 2. The van der Waals surface area contributed by atoms with Gasteiger partial charge in [-0.2, -0.15) is 0 Å². The predicted molar refractivity (Wildman–Crippen MR) is 90.0 cm³/mol. The molecule has 1 aromatic heterocycles. The van der Waals surface area contributed by atoms with Gasteiger partial charge < -0.3 is 15.0 Å². The van der Waals surface area contributed by atoms with E-state index in [1.807, 2.05) is 18.4 Å². The second kappa shape index (κ2) is 6.93. The highest BCUT2D eigenvalue weighted by molar-refractivity contribution is 7.12. The van der Waals surface area contributed by atoms with Gasteiger partial charge in [0.15, 0.2) is 0 Å². The van der Waals surface area contributed by atoms with Crippen molar-refractivity contribution in [2.45, 2.75) is 13.0 Å². The minimum atomic E-state index is -0.162. The lowest BCUT2D eigenvalue weighted by atomic mass is 10.1. The Morgan fingerprint density at radius 2 is 2.17 bits per heavy atom. The van der Waals surface area contributed by atoms with Crippen LogP contribution in [-0.4, -0.2) is 42.5 Å². The summed E-state index contributed by atoms with van der Waals surface area (Å²) in [7, 11) is 0. The molecule has 6 heteroatoms. The molecule has 1 atom stereocenters. The van der Waals surface area contributed by atoms with Gasteiger partial charge in [0.1, 0.15) is 0 Å². The van der Waals surface area contributed by atoms with E-state index in [0.717, 1.165) is 0 Å². The second-order valence-electron chi connectivity index (χ2n) is 5.44. The van der Waals surface area contributed by atoms with Crippen LogP contribution in [0.5, 0.6) is 0 Å². The number of amides is 2. The molecule has 120 valence electrons. The van der Waals surface area contributed by atoms with Crippen LogP contribution in [0.2, 0.25) is 0 Å². The number of hydrogen-bond donors (Lipinski definition) is 1. The lowest BCUT2D eigenvalue weighted by Crippen LogP contribution is -2.44. The van der Waals surface area contributed by atoms with Crippen LogP contribution in [0.1, 0.15) is 27.0 Å². The Labute approximate surface area is 138 Å². The summed E-state index contributed by atoms with van der Waals surface area (Å²) in [6.07, 6.45) is 0.0504. The monoisotopic (exact) mass is 330 g/mol. The van der Waals surface area contributed by atoms with Crippen molar-refractivity contribution in [1.29, 1.82) is 0 Å². The van der Waals surface area contributed by atoms with E-state index in [1.54, 1.807) is 35.2 Å². The molecule has 2 aromatic rings. The molecular weight excluding hydrogens is 312 g/mol. The smallest absolute Gasteiger partial charge is 0.265 e. The zero-order chi connectivity index (χ0) is 16.2. The largest absolute Gasteiger partial charge is 0.375 e. The first-order chi connectivity index (χ1) is 11.1. The van der Waals surface area contributed by atoms with Crippen LogP contribution in [0.3, 0.4) is 0 Å². The third-order valence-corrected chi connectivity index (χ3v) is 4.51. The van der Waals surface area contributed by atoms with Gasteiger partial charge in [-0.3, -0.25) is 9.59 Å². The van der Waals surface area contributed by atoms with Crippen molar-refractivity contribution in [2.75, 3.05) is 25.0 Å². The average molecular weight is 330 g/mol. The quantitative estimate of drug-likeness (QED) is 0.941. The van der Waals surface area contributed by atoms with E-state index in [0.29, 0.717) is 35.8 Å². The fraction of sp³-hybridized carbons (Fsp3) is 0.294. The molecule has 0 bridgehead atoms. The Morgan fingerprint density at radius 3 is 2.91 bits per heavy atom. The lowest BCUT2D eigenvalue weighted by Gasteiger charge is -2.31. The zero-order valence-electron chi connectivity index (χ0n) is 12.8. The third-order valence-electron chi connectivity index (χ3n) is 3.64. The number of rotatable bonds is 3. The number of morpholine rings is 1. The number of nitrogens with one attached hydrogen (secondary N) is 1. The van der Waals surface area contributed by atoms with Crippen molar-refractivity contribution in [3.05, 3.63) is 52.2 Å². The number of anilines is 1. The topological polar surface area (TPSA) is 58.6 Å². The highest BCUT2D eigenvalue weighted by atomic mass is 32.1. The van der Waals surface area contributed by atoms with E-state index >= 15 is 0 Å². The first-order valence-corrected chi connectivity index (χ1v) is 8.37. The molecule has 2 amide bonds. The molecule has 3 rings (SSSR count). The average Bonchev–Trinajstić information content (AvgIpc) is 3.09. The molecule has 1 aromatic carbocycles. The molecular formula is C17H18N2O3S. The van der Waals surface area contributed by atoms with Gasteiger partial charge >= 0.3 is 0 Å². The molecule has 0 aliphatic carbocycles. The van der Waals surface area contributed by atoms with E-state index in [2.05, 4.69) is 5.32 Å².